The Morgan fingerprint density at radius 1 is 1.00 bits per heavy atom. The molecule has 1 atom stereocenters. The van der Waals surface area contributed by atoms with E-state index in [4.69, 9.17) is 30.8 Å². The van der Waals surface area contributed by atoms with Crippen molar-refractivity contribution in [2.45, 2.75) is 36.7 Å². The van der Waals surface area contributed by atoms with Crippen LogP contribution in [-0.4, -0.2) is 42.0 Å². The maximum absolute atomic E-state index is 13.8. The Morgan fingerprint density at radius 3 is 2.33 bits per heavy atom. The average molecular weight is 568 g/mol. The second-order valence-corrected chi connectivity index (χ2v) is 10.3. The highest BCUT2D eigenvalue weighted by Gasteiger charge is 2.24. The zero-order valence-electron chi connectivity index (χ0n) is 22.2. The fraction of sp³-hybridized carbons (Fsp3) is 0.276. The number of halogens is 1. The van der Waals surface area contributed by atoms with Gasteiger partial charge < -0.3 is 19.5 Å². The van der Waals surface area contributed by atoms with Crippen molar-refractivity contribution in [3.05, 3.63) is 81.6 Å². The molecule has 0 saturated carbocycles. The third-order valence-corrected chi connectivity index (χ3v) is 7.84. The van der Waals surface area contributed by atoms with Gasteiger partial charge in [0.1, 0.15) is 5.75 Å². The number of rotatable bonds is 11. The number of carbonyl (C=O) groups is 1. The first-order valence-electron chi connectivity index (χ1n) is 12.4. The van der Waals surface area contributed by atoms with Crippen molar-refractivity contribution in [2.24, 2.45) is 0 Å². The number of para-hydroxylation sites is 2. The summed E-state index contributed by atoms with van der Waals surface area (Å²) in [5.41, 5.74) is 1.84. The molecule has 0 bridgehead atoms. The van der Waals surface area contributed by atoms with Gasteiger partial charge in [0.25, 0.3) is 5.56 Å². The lowest BCUT2D eigenvalue weighted by atomic mass is 10.1. The molecular weight excluding hydrogens is 538 g/mol. The highest BCUT2D eigenvalue weighted by Crippen LogP contribution is 2.33. The Kier molecular flexibility index (Phi) is 9.37. The molecule has 1 N–H and O–H groups in total. The number of thioether (sulfide) groups is 1. The summed E-state index contributed by atoms with van der Waals surface area (Å²) >= 11 is 7.29. The fourth-order valence-corrected chi connectivity index (χ4v) is 5.28. The summed E-state index contributed by atoms with van der Waals surface area (Å²) in [5.74, 6) is 1.26. The van der Waals surface area contributed by atoms with Gasteiger partial charge in [0, 0.05) is 17.6 Å². The second-order valence-electron chi connectivity index (χ2n) is 8.66. The molecule has 0 fully saturated rings. The van der Waals surface area contributed by atoms with Crippen molar-refractivity contribution in [3.63, 3.8) is 0 Å². The molecule has 0 aliphatic carbocycles. The third kappa shape index (κ3) is 6.49. The Balaban J connectivity index is 1.73. The molecule has 0 radical (unpaired) electrons. The van der Waals surface area contributed by atoms with Crippen molar-refractivity contribution in [3.8, 4) is 17.2 Å². The van der Waals surface area contributed by atoms with Gasteiger partial charge in [-0.2, -0.15) is 0 Å². The van der Waals surface area contributed by atoms with Gasteiger partial charge in [0.2, 0.25) is 5.91 Å². The molecule has 0 aliphatic rings. The van der Waals surface area contributed by atoms with E-state index in [9.17, 15) is 9.59 Å². The molecule has 0 saturated heterocycles. The Labute approximate surface area is 236 Å². The molecular formula is C29H30ClN3O5S. The second kappa shape index (κ2) is 12.9. The molecule has 1 heterocycles. The van der Waals surface area contributed by atoms with Crippen LogP contribution in [0.15, 0.2) is 70.6 Å². The summed E-state index contributed by atoms with van der Waals surface area (Å²) < 4.78 is 17.8. The predicted octanol–water partition coefficient (Wildman–Crippen LogP) is 5.83. The largest absolute Gasteiger partial charge is 0.495 e. The van der Waals surface area contributed by atoms with Gasteiger partial charge in [-0.05, 0) is 48.7 Å². The van der Waals surface area contributed by atoms with Crippen molar-refractivity contribution in [2.75, 3.05) is 26.6 Å². The first-order chi connectivity index (χ1) is 18.9. The smallest absolute Gasteiger partial charge is 0.262 e. The lowest BCUT2D eigenvalue weighted by Crippen LogP contribution is -2.29. The number of nitrogens with one attached hydrogen (secondary N) is 1. The number of carbonyl (C=O) groups excluding carboxylic acids is 1. The number of aryl methyl sites for hydroxylation is 1. The lowest BCUT2D eigenvalue weighted by Gasteiger charge is -2.19. The zero-order valence-corrected chi connectivity index (χ0v) is 23.8. The maximum Gasteiger partial charge on any atom is 0.262 e. The molecule has 3 aromatic carbocycles. The number of methoxy groups -OCH3 is 3. The molecule has 204 valence electrons. The minimum absolute atomic E-state index is 0.210. The number of hydrogen-bond donors (Lipinski definition) is 1. The molecule has 1 aromatic heterocycles. The van der Waals surface area contributed by atoms with E-state index in [1.54, 1.807) is 35.9 Å². The van der Waals surface area contributed by atoms with Gasteiger partial charge in [-0.15, -0.1) is 0 Å². The molecule has 0 unspecified atom stereocenters. The van der Waals surface area contributed by atoms with Gasteiger partial charge in [0.05, 0.1) is 43.2 Å². The van der Waals surface area contributed by atoms with E-state index in [2.05, 4.69) is 5.32 Å². The summed E-state index contributed by atoms with van der Waals surface area (Å²) in [6, 6.07) is 18.0. The number of hydrogen-bond acceptors (Lipinski definition) is 7. The summed E-state index contributed by atoms with van der Waals surface area (Å²) in [6.45, 7) is 2.29. The Hall–Kier alpha value is -3.69. The SMILES string of the molecule is CC[C@@H](Sc1nc2cc(OC)c(OC)cc2c(=O)n1CCc1ccc(Cl)cc1)C(=O)Nc1ccccc1OC. The standard InChI is InChI=1S/C29H30ClN3O5S/c1-5-26(27(34)31-21-8-6-7-9-23(21)36-2)39-29-32-22-17-25(38-4)24(37-3)16-20(22)28(35)33(29)15-14-18-10-12-19(30)13-11-18/h6-13,16-17,26H,5,14-15H2,1-4H3,(H,31,34)/t26-/m1/s1. The monoisotopic (exact) mass is 567 g/mol. The van der Waals surface area contributed by atoms with E-state index in [0.717, 1.165) is 5.56 Å². The van der Waals surface area contributed by atoms with Crippen molar-refractivity contribution in [1.29, 1.82) is 0 Å². The number of benzene rings is 3. The topological polar surface area (TPSA) is 91.7 Å². The van der Waals surface area contributed by atoms with Crippen molar-refractivity contribution >= 4 is 45.9 Å². The number of ether oxygens (including phenoxy) is 3. The predicted molar refractivity (Wildman–Crippen MR) is 156 cm³/mol. The highest BCUT2D eigenvalue weighted by molar-refractivity contribution is 8.00. The van der Waals surface area contributed by atoms with E-state index in [-0.39, 0.29) is 11.5 Å². The summed E-state index contributed by atoms with van der Waals surface area (Å²) in [4.78, 5) is 31.9. The van der Waals surface area contributed by atoms with Crippen LogP contribution in [0.1, 0.15) is 18.9 Å². The number of anilines is 1. The van der Waals surface area contributed by atoms with Crippen molar-refractivity contribution < 1.29 is 19.0 Å². The maximum atomic E-state index is 13.8. The van der Waals surface area contributed by atoms with E-state index in [1.807, 2.05) is 43.3 Å². The minimum Gasteiger partial charge on any atom is -0.495 e. The Morgan fingerprint density at radius 2 is 1.67 bits per heavy atom. The number of aromatic nitrogens is 2. The van der Waals surface area contributed by atoms with Crippen LogP contribution >= 0.6 is 23.4 Å². The first-order valence-corrected chi connectivity index (χ1v) is 13.7. The van der Waals surface area contributed by atoms with E-state index in [0.29, 0.717) is 63.4 Å². The molecule has 39 heavy (non-hydrogen) atoms. The van der Waals surface area contributed by atoms with Gasteiger partial charge >= 0.3 is 0 Å². The van der Waals surface area contributed by atoms with Gasteiger partial charge in [-0.1, -0.05) is 54.6 Å². The van der Waals surface area contributed by atoms with Gasteiger partial charge in [0.15, 0.2) is 16.7 Å². The van der Waals surface area contributed by atoms with Crippen molar-refractivity contribution in [1.82, 2.24) is 9.55 Å². The first kappa shape index (κ1) is 28.3. The molecule has 0 spiro atoms. The number of amides is 1. The van der Waals surface area contributed by atoms with E-state index >= 15 is 0 Å². The molecule has 10 heteroatoms. The summed E-state index contributed by atoms with van der Waals surface area (Å²) in [5, 5.41) is 3.93. The fourth-order valence-electron chi connectivity index (χ4n) is 4.12. The normalized spacial score (nSPS) is 11.7. The third-order valence-electron chi connectivity index (χ3n) is 6.24. The van der Waals surface area contributed by atoms with E-state index < -0.39 is 5.25 Å². The Bertz CT molecular complexity index is 1520. The molecule has 8 nitrogen and oxygen atoms in total. The van der Waals surface area contributed by atoms with Crippen LogP contribution in [0.3, 0.4) is 0 Å². The molecule has 4 rings (SSSR count). The van der Waals surface area contributed by atoms with Crippen LogP contribution in [-0.2, 0) is 17.8 Å². The lowest BCUT2D eigenvalue weighted by molar-refractivity contribution is -0.115. The summed E-state index contributed by atoms with van der Waals surface area (Å²) in [6.07, 6.45) is 1.10. The summed E-state index contributed by atoms with van der Waals surface area (Å²) in [7, 11) is 4.60. The van der Waals surface area contributed by atoms with Gasteiger partial charge in [-0.25, -0.2) is 4.98 Å². The van der Waals surface area contributed by atoms with Crippen LogP contribution in [0.5, 0.6) is 17.2 Å². The van der Waals surface area contributed by atoms with E-state index in [1.165, 1.54) is 26.0 Å². The molecule has 0 aliphatic heterocycles. The molecule has 4 aromatic rings. The van der Waals surface area contributed by atoms with Crippen LogP contribution in [0.25, 0.3) is 10.9 Å². The number of nitrogens with zero attached hydrogens (tertiary/aromatic N) is 2. The van der Waals surface area contributed by atoms with Crippen LogP contribution < -0.4 is 25.1 Å². The minimum atomic E-state index is -0.513. The number of fused-ring (bicyclic) bond motifs is 1. The zero-order chi connectivity index (χ0) is 27.9. The van der Waals surface area contributed by atoms with Crippen LogP contribution in [0.4, 0.5) is 5.69 Å². The van der Waals surface area contributed by atoms with Crippen LogP contribution in [0, 0.1) is 0 Å². The average Bonchev–Trinajstić information content (AvgIpc) is 2.96. The van der Waals surface area contributed by atoms with Gasteiger partial charge in [-0.3, -0.25) is 14.2 Å². The molecule has 1 amide bonds. The van der Waals surface area contributed by atoms with Crippen LogP contribution in [0.2, 0.25) is 5.02 Å². The highest BCUT2D eigenvalue weighted by atomic mass is 35.5. The quantitative estimate of drug-likeness (QED) is 0.180.